The van der Waals surface area contributed by atoms with Crippen molar-refractivity contribution in [2.45, 2.75) is 6.92 Å². The Bertz CT molecular complexity index is 373. The van der Waals surface area contributed by atoms with Crippen molar-refractivity contribution in [3.05, 3.63) is 29.6 Å². The normalized spacial score (nSPS) is 11.9. The standard InChI is InChI=1S/C11H13FN2O/c1-8(7-15)6-14-11-3-2-10(12)4-9(11)5-13/h2-4,8,14-15H,6-7H2,1H3. The van der Waals surface area contributed by atoms with Crippen molar-refractivity contribution in [2.24, 2.45) is 5.92 Å². The van der Waals surface area contributed by atoms with Gasteiger partial charge >= 0.3 is 0 Å². The highest BCUT2D eigenvalue weighted by molar-refractivity contribution is 5.57. The number of nitrogens with zero attached hydrogens (tertiary/aromatic N) is 1. The maximum absolute atomic E-state index is 12.8. The van der Waals surface area contributed by atoms with Gasteiger partial charge in [-0.05, 0) is 24.1 Å². The monoisotopic (exact) mass is 208 g/mol. The van der Waals surface area contributed by atoms with E-state index in [1.807, 2.05) is 13.0 Å². The Labute approximate surface area is 88.2 Å². The highest BCUT2D eigenvalue weighted by Gasteiger charge is 2.05. The number of halogens is 1. The quantitative estimate of drug-likeness (QED) is 0.792. The number of rotatable bonds is 4. The lowest BCUT2D eigenvalue weighted by molar-refractivity contribution is 0.244. The molecule has 15 heavy (non-hydrogen) atoms. The number of aliphatic hydroxyl groups excluding tert-OH is 1. The summed E-state index contributed by atoms with van der Waals surface area (Å²) in [5.41, 5.74) is 0.874. The van der Waals surface area contributed by atoms with Gasteiger partial charge in [-0.2, -0.15) is 5.26 Å². The molecule has 1 aromatic rings. The van der Waals surface area contributed by atoms with Crippen molar-refractivity contribution in [2.75, 3.05) is 18.5 Å². The first-order valence-corrected chi connectivity index (χ1v) is 4.71. The van der Waals surface area contributed by atoms with Crippen molar-refractivity contribution in [3.63, 3.8) is 0 Å². The second-order valence-corrected chi connectivity index (χ2v) is 3.47. The molecule has 0 radical (unpaired) electrons. The molecule has 1 rings (SSSR count). The van der Waals surface area contributed by atoms with Gasteiger partial charge in [-0.25, -0.2) is 4.39 Å². The highest BCUT2D eigenvalue weighted by Crippen LogP contribution is 2.16. The van der Waals surface area contributed by atoms with Crippen LogP contribution in [0.3, 0.4) is 0 Å². The molecule has 0 heterocycles. The van der Waals surface area contributed by atoms with Crippen LogP contribution in [0.2, 0.25) is 0 Å². The van der Waals surface area contributed by atoms with E-state index in [2.05, 4.69) is 5.32 Å². The number of hydrogen-bond donors (Lipinski definition) is 2. The largest absolute Gasteiger partial charge is 0.396 e. The van der Waals surface area contributed by atoms with Gasteiger partial charge in [0.2, 0.25) is 0 Å². The molecule has 0 saturated heterocycles. The van der Waals surface area contributed by atoms with Crippen LogP contribution in [0.1, 0.15) is 12.5 Å². The van der Waals surface area contributed by atoms with Crippen molar-refractivity contribution in [3.8, 4) is 6.07 Å². The van der Waals surface area contributed by atoms with E-state index < -0.39 is 5.82 Å². The summed E-state index contributed by atoms with van der Waals surface area (Å²) >= 11 is 0. The molecule has 0 amide bonds. The molecule has 0 aliphatic carbocycles. The van der Waals surface area contributed by atoms with E-state index in [4.69, 9.17) is 10.4 Å². The number of nitrogens with one attached hydrogen (secondary N) is 1. The molecule has 0 aliphatic rings. The van der Waals surface area contributed by atoms with Gasteiger partial charge in [-0.1, -0.05) is 6.92 Å². The molecule has 0 bridgehead atoms. The summed E-state index contributed by atoms with van der Waals surface area (Å²) in [6.07, 6.45) is 0. The lowest BCUT2D eigenvalue weighted by Gasteiger charge is -2.11. The van der Waals surface area contributed by atoms with Gasteiger partial charge in [0.1, 0.15) is 11.9 Å². The predicted octanol–water partition coefficient (Wildman–Crippen LogP) is 1.74. The third kappa shape index (κ3) is 3.22. The Hall–Kier alpha value is -1.60. The Morgan fingerprint density at radius 2 is 2.33 bits per heavy atom. The first kappa shape index (κ1) is 11.5. The van der Waals surface area contributed by atoms with Crippen LogP contribution in [0, 0.1) is 23.1 Å². The van der Waals surface area contributed by atoms with Gasteiger partial charge in [-0.3, -0.25) is 0 Å². The van der Waals surface area contributed by atoms with Crippen LogP contribution in [-0.2, 0) is 0 Å². The van der Waals surface area contributed by atoms with Gasteiger partial charge in [0.25, 0.3) is 0 Å². The van der Waals surface area contributed by atoms with Gasteiger partial charge in [0.05, 0.1) is 11.3 Å². The summed E-state index contributed by atoms with van der Waals surface area (Å²) in [6.45, 7) is 2.51. The van der Waals surface area contributed by atoms with Gasteiger partial charge in [0.15, 0.2) is 0 Å². The molecule has 0 spiro atoms. The molecular weight excluding hydrogens is 195 g/mol. The average Bonchev–Trinajstić information content (AvgIpc) is 2.26. The number of hydrogen-bond acceptors (Lipinski definition) is 3. The Balaban J connectivity index is 2.73. The Morgan fingerprint density at radius 1 is 1.60 bits per heavy atom. The fourth-order valence-corrected chi connectivity index (χ4v) is 1.11. The number of anilines is 1. The summed E-state index contributed by atoms with van der Waals surface area (Å²) in [5, 5.41) is 20.6. The zero-order valence-electron chi connectivity index (χ0n) is 8.50. The fourth-order valence-electron chi connectivity index (χ4n) is 1.11. The minimum atomic E-state index is -0.424. The second-order valence-electron chi connectivity index (χ2n) is 3.47. The molecule has 0 saturated carbocycles. The topological polar surface area (TPSA) is 56.0 Å². The summed E-state index contributed by atoms with van der Waals surface area (Å²) in [4.78, 5) is 0. The summed E-state index contributed by atoms with van der Waals surface area (Å²) in [7, 11) is 0. The molecule has 0 aliphatic heterocycles. The van der Waals surface area contributed by atoms with Crippen LogP contribution >= 0.6 is 0 Å². The third-order valence-corrected chi connectivity index (χ3v) is 2.05. The minimum Gasteiger partial charge on any atom is -0.396 e. The van der Waals surface area contributed by atoms with Crippen LogP contribution in [0.15, 0.2) is 18.2 Å². The summed E-state index contributed by atoms with van der Waals surface area (Å²) in [5.74, 6) is -0.325. The van der Waals surface area contributed by atoms with E-state index >= 15 is 0 Å². The molecule has 1 unspecified atom stereocenters. The van der Waals surface area contributed by atoms with Crippen LogP contribution in [0.4, 0.5) is 10.1 Å². The van der Waals surface area contributed by atoms with Crippen molar-refractivity contribution >= 4 is 5.69 Å². The van der Waals surface area contributed by atoms with E-state index in [9.17, 15) is 4.39 Å². The highest BCUT2D eigenvalue weighted by atomic mass is 19.1. The van der Waals surface area contributed by atoms with Crippen LogP contribution < -0.4 is 5.32 Å². The Morgan fingerprint density at radius 3 is 2.93 bits per heavy atom. The SMILES string of the molecule is CC(CO)CNc1ccc(F)cc1C#N. The maximum atomic E-state index is 12.8. The average molecular weight is 208 g/mol. The van der Waals surface area contributed by atoms with E-state index in [-0.39, 0.29) is 18.1 Å². The zero-order chi connectivity index (χ0) is 11.3. The maximum Gasteiger partial charge on any atom is 0.124 e. The first-order valence-electron chi connectivity index (χ1n) is 4.71. The lowest BCUT2D eigenvalue weighted by atomic mass is 10.1. The zero-order valence-corrected chi connectivity index (χ0v) is 8.50. The Kier molecular flexibility index (Phi) is 4.07. The first-order chi connectivity index (χ1) is 7.17. The minimum absolute atomic E-state index is 0.0794. The second kappa shape index (κ2) is 5.32. The van der Waals surface area contributed by atoms with E-state index in [1.165, 1.54) is 18.2 Å². The fraction of sp³-hybridized carbons (Fsp3) is 0.364. The van der Waals surface area contributed by atoms with E-state index in [0.717, 1.165) is 0 Å². The molecule has 4 heteroatoms. The van der Waals surface area contributed by atoms with Crippen LogP contribution in [-0.4, -0.2) is 18.3 Å². The van der Waals surface area contributed by atoms with Gasteiger partial charge in [-0.15, -0.1) is 0 Å². The predicted molar refractivity (Wildman–Crippen MR) is 55.9 cm³/mol. The summed E-state index contributed by atoms with van der Waals surface area (Å²) < 4.78 is 12.8. The number of aliphatic hydroxyl groups is 1. The summed E-state index contributed by atoms with van der Waals surface area (Å²) in [6, 6.07) is 5.92. The number of nitriles is 1. The van der Waals surface area contributed by atoms with Crippen molar-refractivity contribution in [1.29, 1.82) is 5.26 Å². The molecule has 1 atom stereocenters. The van der Waals surface area contributed by atoms with E-state index in [1.54, 1.807) is 0 Å². The molecular formula is C11H13FN2O. The molecule has 2 N–H and O–H groups in total. The van der Waals surface area contributed by atoms with Crippen molar-refractivity contribution in [1.82, 2.24) is 0 Å². The molecule has 80 valence electrons. The lowest BCUT2D eigenvalue weighted by Crippen LogP contribution is -2.15. The van der Waals surface area contributed by atoms with Gasteiger partial charge in [0, 0.05) is 13.2 Å². The van der Waals surface area contributed by atoms with Crippen LogP contribution in [0.5, 0.6) is 0 Å². The molecule has 1 aromatic carbocycles. The van der Waals surface area contributed by atoms with Crippen LogP contribution in [0.25, 0.3) is 0 Å². The molecule has 3 nitrogen and oxygen atoms in total. The van der Waals surface area contributed by atoms with Crippen molar-refractivity contribution < 1.29 is 9.50 Å². The molecule has 0 aromatic heterocycles. The number of benzene rings is 1. The smallest absolute Gasteiger partial charge is 0.124 e. The van der Waals surface area contributed by atoms with Gasteiger partial charge < -0.3 is 10.4 Å². The molecule has 0 fully saturated rings. The third-order valence-electron chi connectivity index (χ3n) is 2.05. The van der Waals surface area contributed by atoms with E-state index in [0.29, 0.717) is 12.2 Å².